The van der Waals surface area contributed by atoms with Crippen LogP contribution in [0.5, 0.6) is 5.88 Å². The molecule has 13 heavy (non-hydrogen) atoms. The summed E-state index contributed by atoms with van der Waals surface area (Å²) in [5.74, 6) is -0.0423. The van der Waals surface area contributed by atoms with Crippen molar-refractivity contribution in [1.29, 1.82) is 5.53 Å². The standard InChI is InChI=1S/C9H9N3O/c1-5-3-2-4-6-7(5)8(12-10)9(13)11-6/h2-4,10-11,13H,1H3. The number of rotatable bonds is 1. The first-order valence-electron chi connectivity index (χ1n) is 3.91. The van der Waals surface area contributed by atoms with Crippen LogP contribution in [-0.2, 0) is 0 Å². The van der Waals surface area contributed by atoms with E-state index >= 15 is 0 Å². The van der Waals surface area contributed by atoms with Crippen molar-refractivity contribution in [1.82, 2.24) is 4.98 Å². The van der Waals surface area contributed by atoms with E-state index in [1.54, 1.807) is 0 Å². The highest BCUT2D eigenvalue weighted by Gasteiger charge is 2.10. The van der Waals surface area contributed by atoms with Gasteiger partial charge in [-0.15, -0.1) is 0 Å². The lowest BCUT2D eigenvalue weighted by atomic mass is 10.1. The number of fused-ring (bicyclic) bond motifs is 1. The van der Waals surface area contributed by atoms with Gasteiger partial charge in [0, 0.05) is 5.39 Å². The number of aromatic nitrogens is 1. The highest BCUT2D eigenvalue weighted by molar-refractivity contribution is 5.96. The van der Waals surface area contributed by atoms with E-state index in [4.69, 9.17) is 5.53 Å². The van der Waals surface area contributed by atoms with Gasteiger partial charge in [-0.25, -0.2) is 5.53 Å². The molecule has 0 aliphatic heterocycles. The smallest absolute Gasteiger partial charge is 0.218 e. The number of aromatic hydroxyl groups is 1. The Labute approximate surface area is 74.7 Å². The molecule has 2 aromatic rings. The van der Waals surface area contributed by atoms with Crippen molar-refractivity contribution in [3.8, 4) is 5.88 Å². The van der Waals surface area contributed by atoms with Crippen molar-refractivity contribution in [2.75, 3.05) is 0 Å². The van der Waals surface area contributed by atoms with Gasteiger partial charge in [0.2, 0.25) is 5.88 Å². The minimum absolute atomic E-state index is 0.0423. The van der Waals surface area contributed by atoms with Crippen LogP contribution in [0.2, 0.25) is 0 Å². The van der Waals surface area contributed by atoms with Crippen LogP contribution in [0.4, 0.5) is 5.69 Å². The maximum absolute atomic E-state index is 9.39. The van der Waals surface area contributed by atoms with E-state index in [0.717, 1.165) is 16.5 Å². The summed E-state index contributed by atoms with van der Waals surface area (Å²) in [5.41, 5.74) is 9.05. The number of hydrogen-bond donors (Lipinski definition) is 3. The second kappa shape index (κ2) is 2.58. The molecule has 0 bridgehead atoms. The maximum atomic E-state index is 9.39. The average Bonchev–Trinajstić information content (AvgIpc) is 2.42. The molecule has 0 radical (unpaired) electrons. The minimum Gasteiger partial charge on any atom is -0.493 e. The Kier molecular flexibility index (Phi) is 1.55. The Morgan fingerprint density at radius 2 is 2.23 bits per heavy atom. The van der Waals surface area contributed by atoms with Crippen molar-refractivity contribution >= 4 is 16.6 Å². The summed E-state index contributed by atoms with van der Waals surface area (Å²) in [6.07, 6.45) is 0. The van der Waals surface area contributed by atoms with Crippen molar-refractivity contribution in [3.05, 3.63) is 23.8 Å². The van der Waals surface area contributed by atoms with Crippen LogP contribution in [0, 0.1) is 12.5 Å². The molecule has 0 unspecified atom stereocenters. The molecular formula is C9H9N3O. The fraction of sp³-hybridized carbons (Fsp3) is 0.111. The molecule has 0 atom stereocenters. The predicted molar refractivity (Wildman–Crippen MR) is 49.5 cm³/mol. The lowest BCUT2D eigenvalue weighted by Crippen LogP contribution is -1.72. The first kappa shape index (κ1) is 7.79. The second-order valence-electron chi connectivity index (χ2n) is 2.93. The van der Waals surface area contributed by atoms with E-state index in [1.165, 1.54) is 0 Å². The molecule has 0 saturated heterocycles. The molecule has 0 saturated carbocycles. The second-order valence-corrected chi connectivity index (χ2v) is 2.93. The van der Waals surface area contributed by atoms with Crippen molar-refractivity contribution in [2.24, 2.45) is 5.11 Å². The van der Waals surface area contributed by atoms with E-state index in [0.29, 0.717) is 5.69 Å². The highest BCUT2D eigenvalue weighted by Crippen LogP contribution is 2.36. The van der Waals surface area contributed by atoms with E-state index in [1.807, 2.05) is 25.1 Å². The molecule has 3 N–H and O–H groups in total. The highest BCUT2D eigenvalue weighted by atomic mass is 16.3. The van der Waals surface area contributed by atoms with E-state index in [9.17, 15) is 5.11 Å². The summed E-state index contributed by atoms with van der Waals surface area (Å²) in [6, 6.07) is 5.66. The number of benzene rings is 1. The summed E-state index contributed by atoms with van der Waals surface area (Å²) in [7, 11) is 0. The zero-order valence-electron chi connectivity index (χ0n) is 7.13. The van der Waals surface area contributed by atoms with Crippen LogP contribution < -0.4 is 0 Å². The lowest BCUT2D eigenvalue weighted by Gasteiger charge is -1.94. The summed E-state index contributed by atoms with van der Waals surface area (Å²) in [5, 5.41) is 13.5. The van der Waals surface area contributed by atoms with Crippen LogP contribution in [0.1, 0.15) is 5.56 Å². The molecule has 1 aromatic heterocycles. The maximum Gasteiger partial charge on any atom is 0.218 e. The Balaban J connectivity index is 2.96. The van der Waals surface area contributed by atoms with Gasteiger partial charge in [0.05, 0.1) is 5.52 Å². The third kappa shape index (κ3) is 0.989. The average molecular weight is 175 g/mol. The topological polar surface area (TPSA) is 72.2 Å². The van der Waals surface area contributed by atoms with Gasteiger partial charge in [0.25, 0.3) is 0 Å². The number of H-pyrrole nitrogens is 1. The van der Waals surface area contributed by atoms with Gasteiger partial charge >= 0.3 is 0 Å². The molecular weight excluding hydrogens is 166 g/mol. The molecule has 0 spiro atoms. The molecule has 0 aliphatic rings. The SMILES string of the molecule is Cc1cccc2[nH]c(O)c(N=N)c12. The molecule has 4 nitrogen and oxygen atoms in total. The van der Waals surface area contributed by atoms with E-state index < -0.39 is 0 Å². The molecule has 66 valence electrons. The van der Waals surface area contributed by atoms with Gasteiger partial charge in [-0.05, 0) is 18.6 Å². The Morgan fingerprint density at radius 1 is 1.46 bits per heavy atom. The Morgan fingerprint density at radius 3 is 2.92 bits per heavy atom. The minimum atomic E-state index is -0.0423. The first-order valence-corrected chi connectivity index (χ1v) is 3.91. The number of nitrogens with zero attached hydrogens (tertiary/aromatic N) is 1. The molecule has 4 heteroatoms. The zero-order valence-corrected chi connectivity index (χ0v) is 7.13. The van der Waals surface area contributed by atoms with Crippen LogP contribution in [0.15, 0.2) is 23.3 Å². The molecule has 0 fully saturated rings. The van der Waals surface area contributed by atoms with Crippen molar-refractivity contribution < 1.29 is 5.11 Å². The number of hydrogen-bond acceptors (Lipinski definition) is 3. The first-order chi connectivity index (χ1) is 6.24. The molecule has 1 aromatic carbocycles. The predicted octanol–water partition coefficient (Wildman–Crippen LogP) is 2.84. The van der Waals surface area contributed by atoms with E-state index in [2.05, 4.69) is 10.1 Å². The van der Waals surface area contributed by atoms with Gasteiger partial charge in [-0.1, -0.05) is 12.1 Å². The summed E-state index contributed by atoms with van der Waals surface area (Å²) in [4.78, 5) is 2.76. The van der Waals surface area contributed by atoms with E-state index in [-0.39, 0.29) is 5.88 Å². The molecule has 0 amide bonds. The van der Waals surface area contributed by atoms with Gasteiger partial charge < -0.3 is 10.1 Å². The monoisotopic (exact) mass is 175 g/mol. The third-order valence-electron chi connectivity index (χ3n) is 2.10. The normalized spacial score (nSPS) is 10.5. The Bertz CT molecular complexity index is 473. The van der Waals surface area contributed by atoms with Crippen LogP contribution in [-0.4, -0.2) is 10.1 Å². The zero-order chi connectivity index (χ0) is 9.42. The number of nitrogens with one attached hydrogen (secondary N) is 2. The fourth-order valence-electron chi connectivity index (χ4n) is 1.50. The number of aromatic amines is 1. The quantitative estimate of drug-likeness (QED) is 0.573. The Hall–Kier alpha value is -1.84. The molecule has 0 aliphatic carbocycles. The van der Waals surface area contributed by atoms with Gasteiger partial charge in [-0.3, -0.25) is 0 Å². The fourth-order valence-corrected chi connectivity index (χ4v) is 1.50. The summed E-state index contributed by atoms with van der Waals surface area (Å²) >= 11 is 0. The largest absolute Gasteiger partial charge is 0.493 e. The molecule has 2 rings (SSSR count). The summed E-state index contributed by atoms with van der Waals surface area (Å²) < 4.78 is 0. The van der Waals surface area contributed by atoms with Crippen LogP contribution in [0.25, 0.3) is 10.9 Å². The number of aryl methyl sites for hydroxylation is 1. The molecule has 1 heterocycles. The van der Waals surface area contributed by atoms with Crippen molar-refractivity contribution in [2.45, 2.75) is 6.92 Å². The lowest BCUT2D eigenvalue weighted by molar-refractivity contribution is 0.459. The van der Waals surface area contributed by atoms with Gasteiger partial charge in [0.1, 0.15) is 0 Å². The van der Waals surface area contributed by atoms with Gasteiger partial charge in [-0.2, -0.15) is 5.11 Å². The van der Waals surface area contributed by atoms with Gasteiger partial charge in [0.15, 0.2) is 5.69 Å². The third-order valence-corrected chi connectivity index (χ3v) is 2.10. The summed E-state index contributed by atoms with van der Waals surface area (Å²) in [6.45, 7) is 1.92. The van der Waals surface area contributed by atoms with Crippen LogP contribution >= 0.6 is 0 Å². The van der Waals surface area contributed by atoms with Crippen LogP contribution in [0.3, 0.4) is 0 Å². The van der Waals surface area contributed by atoms with Crippen molar-refractivity contribution in [3.63, 3.8) is 0 Å².